The highest BCUT2D eigenvalue weighted by atomic mass is 16.5. The van der Waals surface area contributed by atoms with E-state index < -0.39 is 35.8 Å². The maximum absolute atomic E-state index is 13.6. The molecule has 0 radical (unpaired) electrons. The summed E-state index contributed by atoms with van der Waals surface area (Å²) in [5.74, 6) is -2.49. The maximum atomic E-state index is 13.6. The number of amides is 4. The third-order valence-corrected chi connectivity index (χ3v) is 6.10. The number of carbonyl (C=O) groups excluding carboxylic acids is 5. The Morgan fingerprint density at radius 2 is 1.68 bits per heavy atom. The summed E-state index contributed by atoms with van der Waals surface area (Å²) in [5.41, 5.74) is 0.829. The van der Waals surface area contributed by atoms with Crippen LogP contribution in [0, 0.1) is 5.92 Å². The molecule has 2 atom stereocenters. The Bertz CT molecular complexity index is 978. The van der Waals surface area contributed by atoms with Crippen LogP contribution in [0.5, 0.6) is 0 Å². The fourth-order valence-electron chi connectivity index (χ4n) is 3.99. The van der Waals surface area contributed by atoms with Crippen molar-refractivity contribution in [2.45, 2.75) is 52.1 Å². The average Bonchev–Trinajstić information content (AvgIpc) is 2.86. The van der Waals surface area contributed by atoms with E-state index in [9.17, 15) is 24.0 Å². The summed E-state index contributed by atoms with van der Waals surface area (Å²) >= 11 is 0. The van der Waals surface area contributed by atoms with E-state index in [1.165, 1.54) is 23.8 Å². The molecule has 0 bridgehead atoms. The molecule has 202 valence electrons. The molecule has 2 rings (SSSR count). The fourth-order valence-corrected chi connectivity index (χ4v) is 3.99. The summed E-state index contributed by atoms with van der Waals surface area (Å²) in [4.78, 5) is 66.7. The van der Waals surface area contributed by atoms with Gasteiger partial charge in [-0.25, -0.2) is 0 Å². The van der Waals surface area contributed by atoms with E-state index in [2.05, 4.69) is 10.6 Å². The standard InChI is InChI=1S/C27H38N4O6/c1-19(2)25-26(35)28-22(16-21-12-8-7-9-13-21)27(36)31(18-24(34)37-4)15-11-6-5-10-14-30(20(3)32)17-23(33)29-25/h5-9,12-13,19,22,25H,10-11,14-18H2,1-4H3,(H,28,35)(H,29,33)/b6-5-/t22-,25-/m0/s1. The highest BCUT2D eigenvalue weighted by molar-refractivity contribution is 5.94. The molecule has 1 aliphatic rings. The molecule has 0 aromatic heterocycles. The zero-order valence-electron chi connectivity index (χ0n) is 22.1. The van der Waals surface area contributed by atoms with Crippen molar-refractivity contribution in [2.24, 2.45) is 5.92 Å². The minimum Gasteiger partial charge on any atom is -0.468 e. The number of esters is 1. The second kappa shape index (κ2) is 14.8. The smallest absolute Gasteiger partial charge is 0.325 e. The van der Waals surface area contributed by atoms with Crippen molar-refractivity contribution in [1.29, 1.82) is 0 Å². The molecule has 10 nitrogen and oxygen atoms in total. The number of benzene rings is 1. The van der Waals surface area contributed by atoms with Gasteiger partial charge < -0.3 is 25.2 Å². The lowest BCUT2D eigenvalue weighted by Gasteiger charge is -2.30. The normalized spacial score (nSPS) is 21.3. The summed E-state index contributed by atoms with van der Waals surface area (Å²) < 4.78 is 4.79. The molecule has 0 fully saturated rings. The van der Waals surface area contributed by atoms with Crippen LogP contribution in [0.3, 0.4) is 0 Å². The lowest BCUT2D eigenvalue weighted by Crippen LogP contribution is -2.58. The molecule has 0 unspecified atom stereocenters. The second-order valence-electron chi connectivity index (χ2n) is 9.37. The third-order valence-electron chi connectivity index (χ3n) is 6.10. The molecule has 0 saturated heterocycles. The molecule has 1 aromatic carbocycles. The number of ether oxygens (including phenoxy) is 1. The highest BCUT2D eigenvalue weighted by Crippen LogP contribution is 2.10. The first kappa shape index (κ1) is 29.5. The molecule has 4 amide bonds. The Morgan fingerprint density at radius 1 is 1.03 bits per heavy atom. The first-order valence-electron chi connectivity index (χ1n) is 12.5. The number of hydrogen-bond acceptors (Lipinski definition) is 6. The van der Waals surface area contributed by atoms with E-state index >= 15 is 0 Å². The molecule has 1 heterocycles. The Kier molecular flexibility index (Phi) is 11.8. The number of hydrogen-bond donors (Lipinski definition) is 2. The van der Waals surface area contributed by atoms with E-state index in [4.69, 9.17) is 4.74 Å². The summed E-state index contributed by atoms with van der Waals surface area (Å²) in [6.45, 7) is 5.12. The van der Waals surface area contributed by atoms with Gasteiger partial charge in [0.15, 0.2) is 0 Å². The van der Waals surface area contributed by atoms with Crippen LogP contribution in [-0.4, -0.2) is 84.8 Å². The Balaban J connectivity index is 2.42. The van der Waals surface area contributed by atoms with Crippen LogP contribution < -0.4 is 10.6 Å². The summed E-state index contributed by atoms with van der Waals surface area (Å²) in [5, 5.41) is 5.53. The molecular formula is C27H38N4O6. The third kappa shape index (κ3) is 9.70. The number of rotatable bonds is 5. The van der Waals surface area contributed by atoms with Crippen LogP contribution in [0.2, 0.25) is 0 Å². The van der Waals surface area contributed by atoms with Gasteiger partial charge in [-0.1, -0.05) is 56.3 Å². The monoisotopic (exact) mass is 514 g/mol. The summed E-state index contributed by atoms with van der Waals surface area (Å²) in [6, 6.07) is 7.34. The van der Waals surface area contributed by atoms with Gasteiger partial charge in [0.2, 0.25) is 23.6 Å². The van der Waals surface area contributed by atoms with Crippen molar-refractivity contribution >= 4 is 29.6 Å². The Hall–Kier alpha value is -3.69. The number of nitrogens with zero attached hydrogens (tertiary/aromatic N) is 2. The molecule has 0 saturated carbocycles. The first-order valence-corrected chi connectivity index (χ1v) is 12.5. The number of nitrogens with one attached hydrogen (secondary N) is 2. The predicted molar refractivity (Wildman–Crippen MR) is 138 cm³/mol. The van der Waals surface area contributed by atoms with Crippen molar-refractivity contribution in [3.63, 3.8) is 0 Å². The molecule has 0 aliphatic carbocycles. The zero-order chi connectivity index (χ0) is 27.4. The minimum absolute atomic E-state index is 0.168. The van der Waals surface area contributed by atoms with Crippen molar-refractivity contribution in [1.82, 2.24) is 20.4 Å². The molecule has 2 N–H and O–H groups in total. The lowest BCUT2D eigenvalue weighted by molar-refractivity contribution is -0.148. The molecule has 1 aromatic rings. The van der Waals surface area contributed by atoms with Gasteiger partial charge in [0.05, 0.1) is 13.7 Å². The van der Waals surface area contributed by atoms with Crippen molar-refractivity contribution in [3.8, 4) is 0 Å². The summed E-state index contributed by atoms with van der Waals surface area (Å²) in [7, 11) is 1.25. The van der Waals surface area contributed by atoms with Gasteiger partial charge in [0, 0.05) is 26.4 Å². The van der Waals surface area contributed by atoms with Crippen molar-refractivity contribution in [3.05, 3.63) is 48.0 Å². The van der Waals surface area contributed by atoms with Gasteiger partial charge in [-0.2, -0.15) is 0 Å². The van der Waals surface area contributed by atoms with Crippen molar-refractivity contribution in [2.75, 3.05) is 33.3 Å². The molecule has 1 aliphatic heterocycles. The molecular weight excluding hydrogens is 476 g/mol. The van der Waals surface area contributed by atoms with Gasteiger partial charge in [-0.05, 0) is 24.3 Å². The van der Waals surface area contributed by atoms with Crippen LogP contribution in [0.25, 0.3) is 0 Å². The average molecular weight is 515 g/mol. The van der Waals surface area contributed by atoms with E-state index in [1.807, 2.05) is 42.5 Å². The highest BCUT2D eigenvalue weighted by Gasteiger charge is 2.32. The van der Waals surface area contributed by atoms with Gasteiger partial charge >= 0.3 is 5.97 Å². The molecule has 0 spiro atoms. The van der Waals surface area contributed by atoms with Crippen LogP contribution in [0.4, 0.5) is 0 Å². The Morgan fingerprint density at radius 3 is 2.27 bits per heavy atom. The predicted octanol–water partition coefficient (Wildman–Crippen LogP) is 1.05. The van der Waals surface area contributed by atoms with Gasteiger partial charge in [-0.15, -0.1) is 0 Å². The molecule has 10 heteroatoms. The summed E-state index contributed by atoms with van der Waals surface area (Å²) in [6.07, 6.45) is 4.92. The van der Waals surface area contributed by atoms with E-state index in [1.54, 1.807) is 13.8 Å². The molecule has 37 heavy (non-hydrogen) atoms. The minimum atomic E-state index is -0.969. The van der Waals surface area contributed by atoms with Crippen LogP contribution in [0.1, 0.15) is 39.2 Å². The van der Waals surface area contributed by atoms with Gasteiger partial charge in [0.25, 0.3) is 0 Å². The topological polar surface area (TPSA) is 125 Å². The van der Waals surface area contributed by atoms with E-state index in [-0.39, 0.29) is 37.9 Å². The number of carbonyl (C=O) groups is 5. The number of methoxy groups -OCH3 is 1. The largest absolute Gasteiger partial charge is 0.468 e. The van der Waals surface area contributed by atoms with Crippen molar-refractivity contribution < 1.29 is 28.7 Å². The fraction of sp³-hybridized carbons (Fsp3) is 0.519. The quantitative estimate of drug-likeness (QED) is 0.447. The zero-order valence-corrected chi connectivity index (χ0v) is 22.1. The Labute approximate surface area is 218 Å². The lowest BCUT2D eigenvalue weighted by atomic mass is 10.0. The van der Waals surface area contributed by atoms with E-state index in [0.717, 1.165) is 5.56 Å². The van der Waals surface area contributed by atoms with Gasteiger partial charge in [0.1, 0.15) is 18.6 Å². The van der Waals surface area contributed by atoms with E-state index in [0.29, 0.717) is 19.4 Å². The maximum Gasteiger partial charge on any atom is 0.325 e. The second-order valence-corrected chi connectivity index (χ2v) is 9.37. The van der Waals surface area contributed by atoms with Crippen LogP contribution in [0.15, 0.2) is 42.5 Å². The first-order chi connectivity index (χ1) is 17.6. The van der Waals surface area contributed by atoms with Gasteiger partial charge in [-0.3, -0.25) is 24.0 Å². The van der Waals surface area contributed by atoms with Crippen LogP contribution >= 0.6 is 0 Å². The SMILES string of the molecule is COC(=O)CN1CC/C=C\CCN(C(C)=O)CC(=O)N[C@@H](C(C)C)C(=O)N[C@@H](Cc2ccccc2)C1=O. The van der Waals surface area contributed by atoms with Crippen LogP contribution in [-0.2, 0) is 35.1 Å².